The number of likely N-dealkylation sites (N-methyl/N-ethyl adjacent to an activating group) is 2. The van der Waals surface area contributed by atoms with Crippen LogP contribution in [0.2, 0.25) is 0 Å². The molecule has 0 aromatic carbocycles. The zero-order valence-electron chi connectivity index (χ0n) is 22.9. The normalized spacial score (nSPS) is 14.6. The zero-order valence-corrected chi connectivity index (χ0v) is 22.9. The number of rotatable bonds is 13. The Morgan fingerprint density at radius 1 is 1.03 bits per heavy atom. The Balaban J connectivity index is 6.06. The van der Waals surface area contributed by atoms with Gasteiger partial charge in [-0.05, 0) is 45.1 Å². The molecule has 0 aromatic rings. The molecule has 33 heavy (non-hydrogen) atoms. The summed E-state index contributed by atoms with van der Waals surface area (Å²) in [4.78, 5) is 41.0. The third-order valence-electron chi connectivity index (χ3n) is 6.15. The Bertz CT molecular complexity index is 674. The van der Waals surface area contributed by atoms with Gasteiger partial charge in [-0.15, -0.1) is 0 Å². The minimum Gasteiger partial charge on any atom is -0.463 e. The van der Waals surface area contributed by atoms with Gasteiger partial charge < -0.3 is 20.3 Å². The summed E-state index contributed by atoms with van der Waals surface area (Å²) in [6.45, 7) is 17.7. The molecule has 0 saturated heterocycles. The molecule has 0 fully saturated rings. The smallest absolute Gasteiger partial charge is 0.333 e. The molecule has 0 aliphatic rings. The fourth-order valence-electron chi connectivity index (χ4n) is 4.16. The molecule has 0 bridgehead atoms. The molecule has 0 aliphatic carbocycles. The molecular formula is C26H49N3O4. The van der Waals surface area contributed by atoms with Crippen molar-refractivity contribution in [1.82, 2.24) is 15.5 Å². The summed E-state index contributed by atoms with van der Waals surface area (Å²) >= 11 is 0. The second-order valence-electron chi connectivity index (χ2n) is 10.4. The van der Waals surface area contributed by atoms with E-state index < -0.39 is 17.0 Å². The van der Waals surface area contributed by atoms with Gasteiger partial charge in [0, 0.05) is 12.6 Å². The first kappa shape index (κ1) is 31.1. The van der Waals surface area contributed by atoms with Gasteiger partial charge in [0.05, 0.1) is 18.2 Å². The van der Waals surface area contributed by atoms with Crippen molar-refractivity contribution in [3.05, 3.63) is 11.6 Å². The number of hydrogen-bond donors (Lipinski definition) is 2. The van der Waals surface area contributed by atoms with Crippen LogP contribution in [0.5, 0.6) is 0 Å². The van der Waals surface area contributed by atoms with E-state index in [4.69, 9.17) is 4.74 Å². The second kappa shape index (κ2) is 13.7. The van der Waals surface area contributed by atoms with E-state index in [1.165, 1.54) is 0 Å². The van der Waals surface area contributed by atoms with Gasteiger partial charge in [-0.25, -0.2) is 4.79 Å². The first-order valence-corrected chi connectivity index (χ1v) is 12.3. The molecule has 0 saturated carbocycles. The standard InChI is InChI=1S/C26H49N3O4/c1-12-15-26(27-10,16-13-2)24(32)28-21(25(7,8)9)22(30)29(11)20(18(4)5)17-19(6)23(31)33-14-3/h17-18,20-21,27H,12-16H2,1-11H3,(H,28,32)/b19-17+. The van der Waals surface area contributed by atoms with E-state index in [-0.39, 0.29) is 29.7 Å². The summed E-state index contributed by atoms with van der Waals surface area (Å²) in [5.41, 5.74) is -0.740. The summed E-state index contributed by atoms with van der Waals surface area (Å²) in [6, 6.07) is -1.03. The van der Waals surface area contributed by atoms with Crippen LogP contribution in [0.1, 0.15) is 88.0 Å². The Labute approximate surface area is 202 Å². The lowest BCUT2D eigenvalue weighted by molar-refractivity contribution is -0.142. The molecule has 0 spiro atoms. The molecule has 7 nitrogen and oxygen atoms in total. The van der Waals surface area contributed by atoms with Crippen LogP contribution in [0.4, 0.5) is 0 Å². The van der Waals surface area contributed by atoms with E-state index >= 15 is 0 Å². The SMILES string of the molecule is CCCC(CCC)(NC)C(=O)NC(C(=O)N(C)C(/C=C(\C)C(=O)OCC)C(C)C)C(C)(C)C. The monoisotopic (exact) mass is 467 g/mol. The van der Waals surface area contributed by atoms with Crippen LogP contribution >= 0.6 is 0 Å². The van der Waals surface area contributed by atoms with Gasteiger partial charge in [0.1, 0.15) is 6.04 Å². The van der Waals surface area contributed by atoms with Crippen molar-refractivity contribution in [3.8, 4) is 0 Å². The largest absolute Gasteiger partial charge is 0.463 e. The average Bonchev–Trinajstić information content (AvgIpc) is 2.73. The van der Waals surface area contributed by atoms with Crippen LogP contribution in [-0.2, 0) is 19.1 Å². The minimum atomic E-state index is -0.714. The molecule has 2 N–H and O–H groups in total. The summed E-state index contributed by atoms with van der Waals surface area (Å²) in [5.74, 6) is -0.644. The number of nitrogens with one attached hydrogen (secondary N) is 2. The molecule has 7 heteroatoms. The summed E-state index contributed by atoms with van der Waals surface area (Å²) in [6.07, 6.45) is 4.89. The van der Waals surface area contributed by atoms with Crippen LogP contribution in [0.3, 0.4) is 0 Å². The maximum Gasteiger partial charge on any atom is 0.333 e. The highest BCUT2D eigenvalue weighted by Crippen LogP contribution is 2.26. The average molecular weight is 468 g/mol. The predicted molar refractivity (Wildman–Crippen MR) is 135 cm³/mol. The van der Waals surface area contributed by atoms with Crippen molar-refractivity contribution < 1.29 is 19.1 Å². The number of esters is 1. The molecule has 2 atom stereocenters. The van der Waals surface area contributed by atoms with Gasteiger partial charge in [-0.3, -0.25) is 9.59 Å². The quantitative estimate of drug-likeness (QED) is 0.315. The molecule has 0 radical (unpaired) electrons. The minimum absolute atomic E-state index is 0.0660. The van der Waals surface area contributed by atoms with E-state index in [1.807, 2.05) is 41.7 Å². The van der Waals surface area contributed by atoms with Gasteiger partial charge in [0.15, 0.2) is 0 Å². The predicted octanol–water partition coefficient (Wildman–Crippen LogP) is 4.07. The van der Waals surface area contributed by atoms with E-state index in [2.05, 4.69) is 24.5 Å². The Kier molecular flexibility index (Phi) is 12.9. The lowest BCUT2D eigenvalue weighted by Gasteiger charge is -2.40. The van der Waals surface area contributed by atoms with Crippen LogP contribution in [-0.4, -0.2) is 61.0 Å². The highest BCUT2D eigenvalue weighted by atomic mass is 16.5. The van der Waals surface area contributed by atoms with Crippen molar-refractivity contribution in [2.24, 2.45) is 11.3 Å². The first-order chi connectivity index (χ1) is 15.2. The highest BCUT2D eigenvalue weighted by Gasteiger charge is 2.42. The van der Waals surface area contributed by atoms with Crippen LogP contribution in [0.15, 0.2) is 11.6 Å². The molecule has 192 valence electrons. The molecule has 2 unspecified atom stereocenters. The molecular weight excluding hydrogens is 418 g/mol. The van der Waals surface area contributed by atoms with Gasteiger partial charge in [-0.1, -0.05) is 67.4 Å². The Morgan fingerprint density at radius 2 is 1.55 bits per heavy atom. The van der Waals surface area contributed by atoms with Crippen LogP contribution < -0.4 is 10.6 Å². The number of nitrogens with zero attached hydrogens (tertiary/aromatic N) is 1. The molecule has 0 rings (SSSR count). The third kappa shape index (κ3) is 8.76. The van der Waals surface area contributed by atoms with E-state index in [0.29, 0.717) is 25.0 Å². The van der Waals surface area contributed by atoms with Gasteiger partial charge >= 0.3 is 5.97 Å². The topological polar surface area (TPSA) is 87.7 Å². The summed E-state index contributed by atoms with van der Waals surface area (Å²) < 4.78 is 5.10. The molecule has 0 aliphatic heterocycles. The lowest BCUT2D eigenvalue weighted by Crippen LogP contribution is -2.63. The molecule has 2 amide bonds. The number of carbonyl (C=O) groups is 3. The van der Waals surface area contributed by atoms with Gasteiger partial charge in [0.25, 0.3) is 0 Å². The van der Waals surface area contributed by atoms with Crippen molar-refractivity contribution in [1.29, 1.82) is 0 Å². The van der Waals surface area contributed by atoms with E-state index in [1.54, 1.807) is 31.9 Å². The molecule has 0 heterocycles. The van der Waals surface area contributed by atoms with Gasteiger partial charge in [0.2, 0.25) is 11.8 Å². The van der Waals surface area contributed by atoms with Gasteiger partial charge in [-0.2, -0.15) is 0 Å². The van der Waals surface area contributed by atoms with Crippen molar-refractivity contribution in [3.63, 3.8) is 0 Å². The number of carbonyl (C=O) groups excluding carboxylic acids is 3. The third-order valence-corrected chi connectivity index (χ3v) is 6.15. The summed E-state index contributed by atoms with van der Waals surface area (Å²) in [7, 11) is 3.54. The van der Waals surface area contributed by atoms with Crippen molar-refractivity contribution >= 4 is 17.8 Å². The second-order valence-corrected chi connectivity index (χ2v) is 10.4. The van der Waals surface area contributed by atoms with Crippen molar-refractivity contribution in [2.75, 3.05) is 20.7 Å². The van der Waals surface area contributed by atoms with E-state index in [0.717, 1.165) is 12.8 Å². The first-order valence-electron chi connectivity index (χ1n) is 12.3. The van der Waals surface area contributed by atoms with Crippen LogP contribution in [0.25, 0.3) is 0 Å². The fourth-order valence-corrected chi connectivity index (χ4v) is 4.16. The highest BCUT2D eigenvalue weighted by molar-refractivity contribution is 5.93. The summed E-state index contributed by atoms with van der Waals surface area (Å²) in [5, 5.41) is 6.32. The molecule has 0 aromatic heterocycles. The zero-order chi connectivity index (χ0) is 26.0. The Hall–Kier alpha value is -1.89. The Morgan fingerprint density at radius 3 is 1.91 bits per heavy atom. The number of amides is 2. The van der Waals surface area contributed by atoms with E-state index in [9.17, 15) is 14.4 Å². The fraction of sp³-hybridized carbons (Fsp3) is 0.808. The number of ether oxygens (including phenoxy) is 1. The maximum atomic E-state index is 13.7. The van der Waals surface area contributed by atoms with Crippen LogP contribution in [0, 0.1) is 11.3 Å². The maximum absolute atomic E-state index is 13.7. The van der Waals surface area contributed by atoms with Crippen molar-refractivity contribution in [2.45, 2.75) is 106 Å². The lowest BCUT2D eigenvalue weighted by atomic mass is 9.82. The number of hydrogen-bond acceptors (Lipinski definition) is 5.